The van der Waals surface area contributed by atoms with E-state index < -0.39 is 0 Å². The molecule has 1 aromatic carbocycles. The van der Waals surface area contributed by atoms with Crippen molar-refractivity contribution in [1.29, 1.82) is 0 Å². The van der Waals surface area contributed by atoms with Crippen LogP contribution < -0.4 is 5.32 Å². The highest BCUT2D eigenvalue weighted by atomic mass is 16.3. The quantitative estimate of drug-likeness (QED) is 0.679. The van der Waals surface area contributed by atoms with Gasteiger partial charge < -0.3 is 10.4 Å². The Morgan fingerprint density at radius 1 is 1.31 bits per heavy atom. The van der Waals surface area contributed by atoms with Gasteiger partial charge in [-0.15, -0.1) is 0 Å². The number of hydrogen-bond acceptors (Lipinski definition) is 2. The van der Waals surface area contributed by atoms with Gasteiger partial charge in [0.05, 0.1) is 12.1 Å². The summed E-state index contributed by atoms with van der Waals surface area (Å²) in [5.41, 5.74) is 2.45. The molecule has 1 aliphatic heterocycles. The van der Waals surface area contributed by atoms with Crippen molar-refractivity contribution in [2.24, 2.45) is 0 Å². The molecule has 1 aliphatic rings. The Morgan fingerprint density at radius 2 is 2.00 bits per heavy atom. The van der Waals surface area contributed by atoms with E-state index in [2.05, 4.69) is 36.5 Å². The molecule has 0 saturated carbocycles. The molecule has 0 radical (unpaired) electrons. The van der Waals surface area contributed by atoms with E-state index in [1.807, 2.05) is 0 Å². The Kier molecular flexibility index (Phi) is 2.34. The van der Waals surface area contributed by atoms with Gasteiger partial charge in [-0.05, 0) is 25.5 Å². The van der Waals surface area contributed by atoms with Crippen LogP contribution in [0.15, 0.2) is 24.3 Å². The molecule has 2 nitrogen and oxygen atoms in total. The summed E-state index contributed by atoms with van der Waals surface area (Å²) in [7, 11) is 0. The first-order valence-corrected chi connectivity index (χ1v) is 4.75. The molecular formula is C11H15NO. The zero-order chi connectivity index (χ0) is 9.26. The average molecular weight is 177 g/mol. The molecule has 2 N–H and O–H groups in total. The van der Waals surface area contributed by atoms with Crippen LogP contribution in [0.3, 0.4) is 0 Å². The largest absolute Gasteiger partial charge is 0.391 e. The van der Waals surface area contributed by atoms with Crippen molar-refractivity contribution in [3.8, 4) is 0 Å². The van der Waals surface area contributed by atoms with Gasteiger partial charge in [0.2, 0.25) is 0 Å². The zero-order valence-electron chi connectivity index (χ0n) is 7.83. The van der Waals surface area contributed by atoms with Crippen LogP contribution in [-0.2, 0) is 0 Å². The van der Waals surface area contributed by atoms with Gasteiger partial charge in [-0.3, -0.25) is 0 Å². The van der Waals surface area contributed by atoms with Crippen LogP contribution in [-0.4, -0.2) is 17.8 Å². The lowest BCUT2D eigenvalue weighted by Gasteiger charge is -2.14. The summed E-state index contributed by atoms with van der Waals surface area (Å²) in [6, 6.07) is 8.48. The molecule has 1 fully saturated rings. The molecule has 0 aromatic heterocycles. The smallest absolute Gasteiger partial charge is 0.0747 e. The van der Waals surface area contributed by atoms with Crippen LogP contribution >= 0.6 is 0 Å². The van der Waals surface area contributed by atoms with Crippen LogP contribution in [0, 0.1) is 6.92 Å². The second-order valence-electron chi connectivity index (χ2n) is 3.70. The van der Waals surface area contributed by atoms with Crippen molar-refractivity contribution in [3.63, 3.8) is 0 Å². The number of hydrogen-bond donors (Lipinski definition) is 2. The van der Waals surface area contributed by atoms with Gasteiger partial charge in [-0.25, -0.2) is 0 Å². The maximum absolute atomic E-state index is 9.65. The van der Waals surface area contributed by atoms with Crippen LogP contribution in [0.5, 0.6) is 0 Å². The number of aliphatic hydroxyl groups excluding tert-OH is 1. The molecule has 2 rings (SSSR count). The zero-order valence-corrected chi connectivity index (χ0v) is 7.83. The van der Waals surface area contributed by atoms with E-state index in [0.29, 0.717) is 0 Å². The second-order valence-corrected chi connectivity index (χ2v) is 3.70. The number of rotatable bonds is 1. The maximum Gasteiger partial charge on any atom is 0.0747 e. The van der Waals surface area contributed by atoms with Crippen molar-refractivity contribution in [3.05, 3.63) is 35.4 Å². The topological polar surface area (TPSA) is 32.3 Å². The fourth-order valence-corrected chi connectivity index (χ4v) is 1.80. The lowest BCUT2D eigenvalue weighted by Crippen LogP contribution is -2.20. The van der Waals surface area contributed by atoms with E-state index in [-0.39, 0.29) is 12.1 Å². The van der Waals surface area contributed by atoms with Crippen molar-refractivity contribution in [2.45, 2.75) is 25.5 Å². The third kappa shape index (κ3) is 1.74. The number of aryl methyl sites for hydroxylation is 1. The highest BCUT2D eigenvalue weighted by Crippen LogP contribution is 2.23. The maximum atomic E-state index is 9.65. The van der Waals surface area contributed by atoms with Crippen LogP contribution in [0.25, 0.3) is 0 Å². The normalized spacial score (nSPS) is 27.8. The minimum absolute atomic E-state index is 0.139. The SMILES string of the molecule is Cc1ccc([C@@H]2NCC[C@@H]2O)cc1. The van der Waals surface area contributed by atoms with Gasteiger partial charge in [0.25, 0.3) is 0 Å². The summed E-state index contributed by atoms with van der Waals surface area (Å²) in [4.78, 5) is 0. The predicted octanol–water partition coefficient (Wildman–Crippen LogP) is 1.39. The molecule has 1 heterocycles. The van der Waals surface area contributed by atoms with E-state index in [0.717, 1.165) is 13.0 Å². The molecule has 0 spiro atoms. The Balaban J connectivity index is 2.20. The third-order valence-corrected chi connectivity index (χ3v) is 2.63. The van der Waals surface area contributed by atoms with Crippen LogP contribution in [0.2, 0.25) is 0 Å². The summed E-state index contributed by atoms with van der Waals surface area (Å²) >= 11 is 0. The van der Waals surface area contributed by atoms with Gasteiger partial charge >= 0.3 is 0 Å². The Bertz CT molecular complexity index is 281. The van der Waals surface area contributed by atoms with Gasteiger partial charge in [0, 0.05) is 0 Å². The minimum Gasteiger partial charge on any atom is -0.391 e. The van der Waals surface area contributed by atoms with Crippen molar-refractivity contribution < 1.29 is 5.11 Å². The molecule has 0 unspecified atom stereocenters. The average Bonchev–Trinajstić information content (AvgIpc) is 2.53. The number of benzene rings is 1. The lowest BCUT2D eigenvalue weighted by molar-refractivity contribution is 0.160. The summed E-state index contributed by atoms with van der Waals surface area (Å²) in [6.45, 7) is 2.99. The van der Waals surface area contributed by atoms with Gasteiger partial charge in [-0.1, -0.05) is 29.8 Å². The first-order chi connectivity index (χ1) is 6.27. The Labute approximate surface area is 78.6 Å². The highest BCUT2D eigenvalue weighted by Gasteiger charge is 2.25. The van der Waals surface area contributed by atoms with E-state index >= 15 is 0 Å². The monoisotopic (exact) mass is 177 g/mol. The third-order valence-electron chi connectivity index (χ3n) is 2.63. The summed E-state index contributed by atoms with van der Waals surface area (Å²) in [5.74, 6) is 0. The van der Waals surface area contributed by atoms with E-state index in [1.165, 1.54) is 11.1 Å². The van der Waals surface area contributed by atoms with Crippen LogP contribution in [0.1, 0.15) is 23.6 Å². The van der Waals surface area contributed by atoms with E-state index in [4.69, 9.17) is 0 Å². The van der Waals surface area contributed by atoms with Gasteiger partial charge in [0.1, 0.15) is 0 Å². The molecule has 0 aliphatic carbocycles. The molecular weight excluding hydrogens is 162 g/mol. The standard InChI is InChI=1S/C11H15NO/c1-8-2-4-9(5-3-8)11-10(13)6-7-12-11/h2-5,10-13H,6-7H2,1H3/t10-,11-/m0/s1. The molecule has 2 heteroatoms. The van der Waals surface area contributed by atoms with Gasteiger partial charge in [-0.2, -0.15) is 0 Å². The van der Waals surface area contributed by atoms with Crippen molar-refractivity contribution >= 4 is 0 Å². The first kappa shape index (κ1) is 8.73. The van der Waals surface area contributed by atoms with E-state index in [1.54, 1.807) is 0 Å². The van der Waals surface area contributed by atoms with Gasteiger partial charge in [0.15, 0.2) is 0 Å². The van der Waals surface area contributed by atoms with E-state index in [9.17, 15) is 5.11 Å². The summed E-state index contributed by atoms with van der Waals surface area (Å²) in [6.07, 6.45) is 0.640. The van der Waals surface area contributed by atoms with Crippen molar-refractivity contribution in [1.82, 2.24) is 5.32 Å². The minimum atomic E-state index is -0.220. The van der Waals surface area contributed by atoms with Crippen LogP contribution in [0.4, 0.5) is 0 Å². The second kappa shape index (κ2) is 3.48. The first-order valence-electron chi connectivity index (χ1n) is 4.75. The Hall–Kier alpha value is -0.860. The molecule has 1 aromatic rings. The predicted molar refractivity (Wildman–Crippen MR) is 52.5 cm³/mol. The summed E-state index contributed by atoms with van der Waals surface area (Å²) < 4.78 is 0. The summed E-state index contributed by atoms with van der Waals surface area (Å²) in [5, 5.41) is 12.9. The molecule has 0 amide bonds. The number of nitrogens with one attached hydrogen (secondary N) is 1. The van der Waals surface area contributed by atoms with Crippen molar-refractivity contribution in [2.75, 3.05) is 6.54 Å². The molecule has 0 bridgehead atoms. The fraction of sp³-hybridized carbons (Fsp3) is 0.455. The number of aliphatic hydroxyl groups is 1. The molecule has 2 atom stereocenters. The fourth-order valence-electron chi connectivity index (χ4n) is 1.80. The lowest BCUT2D eigenvalue weighted by atomic mass is 10.0. The highest BCUT2D eigenvalue weighted by molar-refractivity contribution is 5.25. The molecule has 70 valence electrons. The molecule has 13 heavy (non-hydrogen) atoms. The molecule has 1 saturated heterocycles. The Morgan fingerprint density at radius 3 is 2.54 bits per heavy atom.